The molecule has 0 amide bonds. The minimum Gasteiger partial charge on any atom is -0.378 e. The number of rotatable bonds is 3. The van der Waals surface area contributed by atoms with Gasteiger partial charge in [0.05, 0.1) is 12.3 Å². The number of hydrogen-bond donors (Lipinski definition) is 0. The summed E-state index contributed by atoms with van der Waals surface area (Å²) in [6.45, 7) is 2.22. The van der Waals surface area contributed by atoms with Crippen molar-refractivity contribution >= 4 is 22.6 Å². The van der Waals surface area contributed by atoms with E-state index in [4.69, 9.17) is 4.74 Å². The monoisotopic (exact) mass is 211 g/mol. The normalized spacial score (nSPS) is 11.0. The lowest BCUT2D eigenvalue weighted by molar-refractivity contribution is 0.111. The van der Waals surface area contributed by atoms with Crippen molar-refractivity contribution in [3.63, 3.8) is 0 Å². The Hall–Kier alpha value is -1.27. The van der Waals surface area contributed by atoms with Gasteiger partial charge in [-0.2, -0.15) is 9.61 Å². The standard InChI is InChI=1S/C8H9N3O2S/c1-5-10-11-7(3-12)6(4-13-2)9-8(11)14-5/h3H,4H2,1-2H3. The van der Waals surface area contributed by atoms with Crippen molar-refractivity contribution in [3.8, 4) is 0 Å². The molecule has 2 aromatic rings. The Morgan fingerprint density at radius 3 is 3.07 bits per heavy atom. The second-order valence-electron chi connectivity index (χ2n) is 2.81. The fourth-order valence-corrected chi connectivity index (χ4v) is 2.03. The fraction of sp³-hybridized carbons (Fsp3) is 0.375. The molecule has 0 aliphatic heterocycles. The van der Waals surface area contributed by atoms with Crippen molar-refractivity contribution in [2.24, 2.45) is 0 Å². The van der Waals surface area contributed by atoms with Gasteiger partial charge in [0, 0.05) is 7.11 Å². The Morgan fingerprint density at radius 2 is 2.43 bits per heavy atom. The number of methoxy groups -OCH3 is 1. The number of carbonyl (C=O) groups excluding carboxylic acids is 1. The van der Waals surface area contributed by atoms with E-state index in [0.717, 1.165) is 16.3 Å². The quantitative estimate of drug-likeness (QED) is 0.712. The van der Waals surface area contributed by atoms with Crippen LogP contribution in [0.25, 0.3) is 4.96 Å². The summed E-state index contributed by atoms with van der Waals surface area (Å²) in [6.07, 6.45) is 0.757. The first-order valence-electron chi connectivity index (χ1n) is 4.05. The highest BCUT2D eigenvalue weighted by Crippen LogP contribution is 2.17. The molecule has 0 aliphatic rings. The predicted octanol–water partition coefficient (Wildman–Crippen LogP) is 1.06. The van der Waals surface area contributed by atoms with Crippen LogP contribution in [0.3, 0.4) is 0 Å². The molecule has 0 bridgehead atoms. The van der Waals surface area contributed by atoms with Gasteiger partial charge < -0.3 is 4.74 Å². The van der Waals surface area contributed by atoms with E-state index in [2.05, 4.69) is 10.1 Å². The maximum atomic E-state index is 10.8. The molecule has 0 atom stereocenters. The summed E-state index contributed by atoms with van der Waals surface area (Å²) in [6, 6.07) is 0. The number of nitrogens with zero attached hydrogens (tertiary/aromatic N) is 3. The third kappa shape index (κ3) is 1.32. The van der Waals surface area contributed by atoms with Crippen LogP contribution >= 0.6 is 11.3 Å². The van der Waals surface area contributed by atoms with Crippen LogP contribution in [0, 0.1) is 6.92 Å². The first kappa shape index (κ1) is 9.29. The first-order valence-corrected chi connectivity index (χ1v) is 4.87. The van der Waals surface area contributed by atoms with Crippen LogP contribution in [-0.4, -0.2) is 28.0 Å². The Labute approximate surface area is 84.3 Å². The third-order valence-corrected chi connectivity index (χ3v) is 2.63. The topological polar surface area (TPSA) is 56.5 Å². The van der Waals surface area contributed by atoms with Gasteiger partial charge in [-0.1, -0.05) is 11.3 Å². The molecule has 14 heavy (non-hydrogen) atoms. The Balaban J connectivity index is 2.62. The van der Waals surface area contributed by atoms with E-state index in [1.807, 2.05) is 6.92 Å². The molecule has 74 valence electrons. The molecule has 2 aromatic heterocycles. The third-order valence-electron chi connectivity index (χ3n) is 1.81. The van der Waals surface area contributed by atoms with Crippen LogP contribution in [0.1, 0.15) is 21.2 Å². The van der Waals surface area contributed by atoms with Gasteiger partial charge in [0.2, 0.25) is 4.96 Å². The van der Waals surface area contributed by atoms with Crippen molar-refractivity contribution in [1.82, 2.24) is 14.6 Å². The fourth-order valence-electron chi connectivity index (χ4n) is 1.26. The van der Waals surface area contributed by atoms with Crippen LogP contribution < -0.4 is 0 Å². The average molecular weight is 211 g/mol. The van der Waals surface area contributed by atoms with Crippen LogP contribution in [0.2, 0.25) is 0 Å². The second kappa shape index (κ2) is 3.47. The molecular weight excluding hydrogens is 202 g/mol. The van der Waals surface area contributed by atoms with Crippen molar-refractivity contribution in [2.45, 2.75) is 13.5 Å². The summed E-state index contributed by atoms with van der Waals surface area (Å²) >= 11 is 1.45. The van der Waals surface area contributed by atoms with E-state index in [0.29, 0.717) is 18.0 Å². The van der Waals surface area contributed by atoms with Gasteiger partial charge in [-0.05, 0) is 6.92 Å². The largest absolute Gasteiger partial charge is 0.378 e. The smallest absolute Gasteiger partial charge is 0.213 e. The maximum absolute atomic E-state index is 10.8. The molecule has 0 N–H and O–H groups in total. The number of hydrogen-bond acceptors (Lipinski definition) is 5. The van der Waals surface area contributed by atoms with Gasteiger partial charge in [0.1, 0.15) is 10.7 Å². The van der Waals surface area contributed by atoms with E-state index in [1.165, 1.54) is 11.3 Å². The molecule has 0 aliphatic carbocycles. The van der Waals surface area contributed by atoms with Gasteiger partial charge in [-0.25, -0.2) is 4.98 Å². The molecule has 5 nitrogen and oxygen atoms in total. The highest BCUT2D eigenvalue weighted by Gasteiger charge is 2.14. The van der Waals surface area contributed by atoms with E-state index >= 15 is 0 Å². The molecule has 0 fully saturated rings. The number of aryl methyl sites for hydroxylation is 1. The van der Waals surface area contributed by atoms with Gasteiger partial charge in [0.25, 0.3) is 0 Å². The highest BCUT2D eigenvalue weighted by molar-refractivity contribution is 7.16. The number of aromatic nitrogens is 3. The summed E-state index contributed by atoms with van der Waals surface area (Å²) in [5.41, 5.74) is 1.12. The molecule has 0 spiro atoms. The average Bonchev–Trinajstić information content (AvgIpc) is 2.61. The van der Waals surface area contributed by atoms with Gasteiger partial charge in [-0.15, -0.1) is 0 Å². The van der Waals surface area contributed by atoms with Crippen molar-refractivity contribution in [1.29, 1.82) is 0 Å². The number of imidazole rings is 1. The molecule has 0 aromatic carbocycles. The van der Waals surface area contributed by atoms with Crippen LogP contribution in [0.15, 0.2) is 0 Å². The maximum Gasteiger partial charge on any atom is 0.213 e. The zero-order chi connectivity index (χ0) is 10.1. The predicted molar refractivity (Wildman–Crippen MR) is 51.7 cm³/mol. The summed E-state index contributed by atoms with van der Waals surface area (Å²) in [4.78, 5) is 15.8. The minimum absolute atomic E-state index is 0.337. The number of carbonyl (C=O) groups is 1. The number of ether oxygens (including phenoxy) is 1. The zero-order valence-electron chi connectivity index (χ0n) is 7.85. The minimum atomic E-state index is 0.337. The van der Waals surface area contributed by atoms with E-state index in [1.54, 1.807) is 11.6 Å². The SMILES string of the molecule is COCc1nc2sc(C)nn2c1C=O. The summed E-state index contributed by atoms with van der Waals surface area (Å²) < 4.78 is 6.50. The molecule has 0 saturated carbocycles. The Kier molecular flexibility index (Phi) is 2.30. The highest BCUT2D eigenvalue weighted by atomic mass is 32.1. The van der Waals surface area contributed by atoms with E-state index < -0.39 is 0 Å². The number of aldehydes is 1. The lowest BCUT2D eigenvalue weighted by Gasteiger charge is -1.93. The van der Waals surface area contributed by atoms with Crippen LogP contribution in [0.4, 0.5) is 0 Å². The van der Waals surface area contributed by atoms with E-state index in [-0.39, 0.29) is 0 Å². The van der Waals surface area contributed by atoms with Gasteiger partial charge in [0.15, 0.2) is 6.29 Å². The van der Waals surface area contributed by atoms with Gasteiger partial charge in [-0.3, -0.25) is 4.79 Å². The summed E-state index contributed by atoms with van der Waals surface area (Å²) in [5, 5.41) is 5.06. The molecule has 0 unspecified atom stereocenters. The van der Waals surface area contributed by atoms with Gasteiger partial charge >= 0.3 is 0 Å². The Morgan fingerprint density at radius 1 is 1.64 bits per heavy atom. The summed E-state index contributed by atoms with van der Waals surface area (Å²) in [5.74, 6) is 0. The first-order chi connectivity index (χ1) is 6.76. The number of fused-ring (bicyclic) bond motifs is 1. The lowest BCUT2D eigenvalue weighted by Crippen LogP contribution is -1.97. The molecule has 0 saturated heterocycles. The molecule has 2 heterocycles. The van der Waals surface area contributed by atoms with Crippen LogP contribution in [-0.2, 0) is 11.3 Å². The van der Waals surface area contributed by atoms with E-state index in [9.17, 15) is 4.79 Å². The van der Waals surface area contributed by atoms with Crippen molar-refractivity contribution in [2.75, 3.05) is 7.11 Å². The Bertz CT molecular complexity index is 474. The van der Waals surface area contributed by atoms with Crippen molar-refractivity contribution < 1.29 is 9.53 Å². The lowest BCUT2D eigenvalue weighted by atomic mass is 10.3. The molecule has 6 heteroatoms. The van der Waals surface area contributed by atoms with Crippen molar-refractivity contribution in [3.05, 3.63) is 16.4 Å². The molecule has 0 radical (unpaired) electrons. The molecular formula is C8H9N3O2S. The second-order valence-corrected chi connectivity index (χ2v) is 3.97. The zero-order valence-corrected chi connectivity index (χ0v) is 8.67. The molecule has 2 rings (SSSR count). The van der Waals surface area contributed by atoms with Crippen LogP contribution in [0.5, 0.6) is 0 Å². The summed E-state index contributed by atoms with van der Waals surface area (Å²) in [7, 11) is 1.57.